The summed E-state index contributed by atoms with van der Waals surface area (Å²) >= 11 is 0. The fraction of sp³-hybridized carbons (Fsp3) is 0.857. The minimum Gasteiger partial charge on any atom is -0.444 e. The number of rotatable bonds is 5. The Hall–Kier alpha value is -1.10. The van der Waals surface area contributed by atoms with Gasteiger partial charge >= 0.3 is 6.09 Å². The first-order valence-corrected chi connectivity index (χ1v) is 6.90. The summed E-state index contributed by atoms with van der Waals surface area (Å²) in [4.78, 5) is 22.6. The predicted octanol–water partition coefficient (Wildman–Crippen LogP) is 2.14. The number of carbonyl (C=O) groups is 2. The Balaban J connectivity index is 2.27. The molecule has 1 saturated heterocycles. The van der Waals surface area contributed by atoms with E-state index in [1.807, 2.05) is 20.8 Å². The van der Waals surface area contributed by atoms with Gasteiger partial charge in [-0.2, -0.15) is 0 Å². The molecule has 0 unspecified atom stereocenters. The maximum Gasteiger partial charge on any atom is 0.407 e. The van der Waals surface area contributed by atoms with Crippen LogP contribution < -0.4 is 5.32 Å². The fourth-order valence-electron chi connectivity index (χ4n) is 2.13. The van der Waals surface area contributed by atoms with Crippen LogP contribution in [-0.4, -0.2) is 37.7 Å². The molecule has 1 fully saturated rings. The van der Waals surface area contributed by atoms with Crippen molar-refractivity contribution in [3.8, 4) is 0 Å². The van der Waals surface area contributed by atoms with Gasteiger partial charge in [0.2, 0.25) is 0 Å². The Kier molecular flexibility index (Phi) is 6.28. The SMILES string of the molecule is CC(C)(C)OC(=O)NC[C@@H](C=O)CC1CCOCC1. The van der Waals surface area contributed by atoms with Gasteiger partial charge in [0, 0.05) is 25.7 Å². The van der Waals surface area contributed by atoms with Gasteiger partial charge in [-0.05, 0) is 46.0 Å². The van der Waals surface area contributed by atoms with Crippen molar-refractivity contribution >= 4 is 12.4 Å². The van der Waals surface area contributed by atoms with E-state index in [1.165, 1.54) is 0 Å². The maximum absolute atomic E-state index is 11.5. The highest BCUT2D eigenvalue weighted by atomic mass is 16.6. The summed E-state index contributed by atoms with van der Waals surface area (Å²) < 4.78 is 10.4. The Labute approximate surface area is 115 Å². The zero-order valence-corrected chi connectivity index (χ0v) is 12.1. The van der Waals surface area contributed by atoms with Gasteiger partial charge in [0.25, 0.3) is 0 Å². The van der Waals surface area contributed by atoms with Gasteiger partial charge < -0.3 is 19.6 Å². The predicted molar refractivity (Wildman–Crippen MR) is 72.0 cm³/mol. The highest BCUT2D eigenvalue weighted by Crippen LogP contribution is 2.22. The Bertz CT molecular complexity index is 292. The molecule has 1 N–H and O–H groups in total. The first-order valence-electron chi connectivity index (χ1n) is 6.90. The number of amides is 1. The molecule has 110 valence electrons. The average molecular weight is 271 g/mol. The van der Waals surface area contributed by atoms with Crippen molar-refractivity contribution in [2.24, 2.45) is 11.8 Å². The monoisotopic (exact) mass is 271 g/mol. The molecule has 1 aliphatic rings. The zero-order valence-electron chi connectivity index (χ0n) is 12.1. The van der Waals surface area contributed by atoms with Crippen LogP contribution in [0, 0.1) is 11.8 Å². The first kappa shape index (κ1) is 16.0. The Morgan fingerprint density at radius 3 is 2.58 bits per heavy atom. The number of aldehydes is 1. The van der Waals surface area contributed by atoms with Crippen LogP contribution in [0.3, 0.4) is 0 Å². The third-order valence-electron chi connectivity index (χ3n) is 3.08. The third kappa shape index (κ3) is 7.15. The molecule has 1 heterocycles. The van der Waals surface area contributed by atoms with Crippen molar-refractivity contribution in [2.75, 3.05) is 19.8 Å². The molecule has 1 atom stereocenters. The topological polar surface area (TPSA) is 64.6 Å². The van der Waals surface area contributed by atoms with E-state index in [0.29, 0.717) is 12.5 Å². The standard InChI is InChI=1S/C14H25NO4/c1-14(2,3)19-13(17)15-9-12(10-16)8-11-4-6-18-7-5-11/h10-12H,4-9H2,1-3H3,(H,15,17)/t12-/m0/s1. The number of carbonyl (C=O) groups excluding carboxylic acids is 2. The molecule has 0 aromatic carbocycles. The average Bonchev–Trinajstić information content (AvgIpc) is 2.33. The maximum atomic E-state index is 11.5. The molecular formula is C14H25NO4. The van der Waals surface area contributed by atoms with Crippen LogP contribution in [0.2, 0.25) is 0 Å². The summed E-state index contributed by atoms with van der Waals surface area (Å²) in [6, 6.07) is 0. The third-order valence-corrected chi connectivity index (χ3v) is 3.08. The van der Waals surface area contributed by atoms with Crippen LogP contribution in [0.1, 0.15) is 40.0 Å². The summed E-state index contributed by atoms with van der Waals surface area (Å²) in [5, 5.41) is 2.66. The van der Waals surface area contributed by atoms with E-state index in [2.05, 4.69) is 5.32 Å². The summed E-state index contributed by atoms with van der Waals surface area (Å²) in [5.41, 5.74) is -0.512. The van der Waals surface area contributed by atoms with Crippen molar-refractivity contribution in [3.05, 3.63) is 0 Å². The van der Waals surface area contributed by atoms with E-state index in [9.17, 15) is 9.59 Å². The normalized spacial score (nSPS) is 18.7. The number of ether oxygens (including phenoxy) is 2. The largest absolute Gasteiger partial charge is 0.444 e. The Morgan fingerprint density at radius 2 is 2.05 bits per heavy atom. The van der Waals surface area contributed by atoms with Crippen LogP contribution in [0.15, 0.2) is 0 Å². The summed E-state index contributed by atoms with van der Waals surface area (Å²) in [5.74, 6) is 0.375. The minimum absolute atomic E-state index is 0.143. The van der Waals surface area contributed by atoms with Gasteiger partial charge in [-0.3, -0.25) is 0 Å². The summed E-state index contributed by atoms with van der Waals surface area (Å²) in [6.07, 6.45) is 3.26. The van der Waals surface area contributed by atoms with Crippen LogP contribution in [0.4, 0.5) is 4.79 Å². The number of nitrogens with one attached hydrogen (secondary N) is 1. The van der Waals surface area contributed by atoms with Crippen molar-refractivity contribution in [3.63, 3.8) is 0 Å². The molecule has 0 aromatic rings. The van der Waals surface area contributed by atoms with Crippen LogP contribution >= 0.6 is 0 Å². The van der Waals surface area contributed by atoms with Gasteiger partial charge in [-0.25, -0.2) is 4.79 Å². The molecule has 0 aliphatic carbocycles. The van der Waals surface area contributed by atoms with Crippen LogP contribution in [0.25, 0.3) is 0 Å². The van der Waals surface area contributed by atoms with E-state index in [-0.39, 0.29) is 5.92 Å². The molecule has 1 aliphatic heterocycles. The lowest BCUT2D eigenvalue weighted by Crippen LogP contribution is -2.36. The second kappa shape index (κ2) is 7.48. The van der Waals surface area contributed by atoms with Gasteiger partial charge in [0.15, 0.2) is 0 Å². The summed E-state index contributed by atoms with van der Waals surface area (Å²) in [7, 11) is 0. The quantitative estimate of drug-likeness (QED) is 0.778. The highest BCUT2D eigenvalue weighted by Gasteiger charge is 2.21. The van der Waals surface area contributed by atoms with E-state index in [4.69, 9.17) is 9.47 Å². The number of hydrogen-bond donors (Lipinski definition) is 1. The van der Waals surface area contributed by atoms with Crippen LogP contribution in [0.5, 0.6) is 0 Å². The molecule has 0 saturated carbocycles. The summed E-state index contributed by atoms with van der Waals surface area (Å²) in [6.45, 7) is 7.32. The van der Waals surface area contributed by atoms with Crippen LogP contribution in [-0.2, 0) is 14.3 Å². The highest BCUT2D eigenvalue weighted by molar-refractivity contribution is 5.68. The number of hydrogen-bond acceptors (Lipinski definition) is 4. The van der Waals surface area contributed by atoms with E-state index >= 15 is 0 Å². The molecule has 1 amide bonds. The van der Waals surface area contributed by atoms with E-state index in [1.54, 1.807) is 0 Å². The lowest BCUT2D eigenvalue weighted by Gasteiger charge is -2.25. The van der Waals surface area contributed by atoms with Crippen molar-refractivity contribution in [1.29, 1.82) is 0 Å². The van der Waals surface area contributed by atoms with E-state index in [0.717, 1.165) is 38.8 Å². The lowest BCUT2D eigenvalue weighted by molar-refractivity contribution is -0.111. The molecule has 0 radical (unpaired) electrons. The second-order valence-corrected chi connectivity index (χ2v) is 6.07. The van der Waals surface area contributed by atoms with E-state index < -0.39 is 11.7 Å². The van der Waals surface area contributed by atoms with Gasteiger partial charge in [0.05, 0.1) is 0 Å². The van der Waals surface area contributed by atoms with Gasteiger partial charge in [0.1, 0.15) is 11.9 Å². The molecule has 1 rings (SSSR count). The molecule has 5 nitrogen and oxygen atoms in total. The molecule has 0 bridgehead atoms. The molecule has 0 aromatic heterocycles. The first-order chi connectivity index (χ1) is 8.90. The van der Waals surface area contributed by atoms with Gasteiger partial charge in [-0.15, -0.1) is 0 Å². The van der Waals surface area contributed by atoms with Crippen molar-refractivity contribution < 1.29 is 19.1 Å². The molecule has 0 spiro atoms. The smallest absolute Gasteiger partial charge is 0.407 e. The second-order valence-electron chi connectivity index (χ2n) is 6.07. The Morgan fingerprint density at radius 1 is 1.42 bits per heavy atom. The van der Waals surface area contributed by atoms with Crippen molar-refractivity contribution in [1.82, 2.24) is 5.32 Å². The van der Waals surface area contributed by atoms with Crippen molar-refractivity contribution in [2.45, 2.75) is 45.6 Å². The minimum atomic E-state index is -0.512. The van der Waals surface area contributed by atoms with Gasteiger partial charge in [-0.1, -0.05) is 0 Å². The molecule has 19 heavy (non-hydrogen) atoms. The number of alkyl carbamates (subject to hydrolysis) is 1. The zero-order chi connectivity index (χ0) is 14.3. The molecule has 5 heteroatoms. The lowest BCUT2D eigenvalue weighted by atomic mass is 9.89. The molecular weight excluding hydrogens is 246 g/mol. The fourth-order valence-corrected chi connectivity index (χ4v) is 2.13.